The fourth-order valence-corrected chi connectivity index (χ4v) is 3.69. The zero-order chi connectivity index (χ0) is 17.0. The molecule has 4 nitrogen and oxygen atoms in total. The number of aryl methyl sites for hydroxylation is 2. The molecule has 0 amide bonds. The lowest BCUT2D eigenvalue weighted by molar-refractivity contribution is 0.120. The van der Waals surface area contributed by atoms with Gasteiger partial charge in [-0.2, -0.15) is 0 Å². The molecule has 0 N–H and O–H groups in total. The molecule has 0 heterocycles. The minimum atomic E-state index is -3.37. The molecule has 0 spiro atoms. The van der Waals surface area contributed by atoms with Crippen molar-refractivity contribution in [1.82, 2.24) is 0 Å². The maximum Gasteiger partial charge on any atom is 0.474 e. The average molecular weight is 342 g/mol. The van der Waals surface area contributed by atoms with Crippen molar-refractivity contribution in [2.45, 2.75) is 59.3 Å². The standard InChI is InChI=1S/C18H31O4P/c1-4-7-8-12-17-13-9-10-14-18(17)15-11-16-22-23(19,20-5-2)21-6-3/h9-10,13-14H,4-8,11-12,15-16H2,1-3H3. The number of hydrogen-bond donors (Lipinski definition) is 0. The molecule has 5 heteroatoms. The van der Waals surface area contributed by atoms with Crippen LogP contribution in [0.5, 0.6) is 0 Å². The van der Waals surface area contributed by atoms with E-state index in [1.54, 1.807) is 13.8 Å². The molecule has 0 unspecified atom stereocenters. The predicted octanol–water partition coefficient (Wildman–Crippen LogP) is 5.55. The van der Waals surface area contributed by atoms with E-state index >= 15 is 0 Å². The SMILES string of the molecule is CCCCCc1ccccc1CCCOP(=O)(OCC)OCC. The molecule has 0 saturated heterocycles. The van der Waals surface area contributed by atoms with Gasteiger partial charge in [-0.1, -0.05) is 44.0 Å². The molecule has 0 aromatic heterocycles. The first-order valence-corrected chi connectivity index (χ1v) is 10.2. The molecule has 23 heavy (non-hydrogen) atoms. The van der Waals surface area contributed by atoms with E-state index in [9.17, 15) is 4.57 Å². The third kappa shape index (κ3) is 8.12. The summed E-state index contributed by atoms with van der Waals surface area (Å²) in [5, 5.41) is 0. The van der Waals surface area contributed by atoms with Gasteiger partial charge in [0.05, 0.1) is 19.8 Å². The monoisotopic (exact) mass is 342 g/mol. The Bertz CT molecular complexity index is 466. The van der Waals surface area contributed by atoms with Crippen LogP contribution in [0.2, 0.25) is 0 Å². The second kappa shape index (κ2) is 11.8. The Labute approximate surface area is 141 Å². The maximum atomic E-state index is 12.2. The summed E-state index contributed by atoms with van der Waals surface area (Å²) < 4.78 is 27.8. The van der Waals surface area contributed by atoms with E-state index in [1.165, 1.54) is 30.4 Å². The normalized spacial score (nSPS) is 11.8. The zero-order valence-corrected chi connectivity index (χ0v) is 15.6. The van der Waals surface area contributed by atoms with Gasteiger partial charge >= 0.3 is 7.82 Å². The van der Waals surface area contributed by atoms with Gasteiger partial charge in [0.2, 0.25) is 0 Å². The molecule has 0 aliphatic carbocycles. The summed E-state index contributed by atoms with van der Waals surface area (Å²) in [5.41, 5.74) is 2.77. The van der Waals surface area contributed by atoms with Crippen molar-refractivity contribution in [2.24, 2.45) is 0 Å². The fourth-order valence-electron chi connectivity index (χ4n) is 2.48. The number of phosphoric acid groups is 1. The molecular weight excluding hydrogens is 311 g/mol. The molecule has 0 radical (unpaired) electrons. The lowest BCUT2D eigenvalue weighted by Gasteiger charge is -2.16. The molecule has 132 valence electrons. The molecular formula is C18H31O4P. The van der Waals surface area contributed by atoms with Gasteiger partial charge < -0.3 is 0 Å². The van der Waals surface area contributed by atoms with E-state index in [0.29, 0.717) is 19.8 Å². The van der Waals surface area contributed by atoms with E-state index in [2.05, 4.69) is 31.2 Å². The maximum absolute atomic E-state index is 12.2. The van der Waals surface area contributed by atoms with Gasteiger partial charge in [-0.15, -0.1) is 0 Å². The Hall–Kier alpha value is -0.670. The molecule has 0 atom stereocenters. The second-order valence-corrected chi connectivity index (χ2v) is 7.11. The minimum absolute atomic E-state index is 0.317. The summed E-state index contributed by atoms with van der Waals surface area (Å²) in [5.74, 6) is 0. The lowest BCUT2D eigenvalue weighted by Crippen LogP contribution is -2.03. The Morgan fingerprint density at radius 3 is 1.91 bits per heavy atom. The van der Waals surface area contributed by atoms with Crippen molar-refractivity contribution in [2.75, 3.05) is 19.8 Å². The number of benzene rings is 1. The summed E-state index contributed by atoms with van der Waals surface area (Å²) in [4.78, 5) is 0. The van der Waals surface area contributed by atoms with Crippen LogP contribution in [0.4, 0.5) is 0 Å². The van der Waals surface area contributed by atoms with E-state index in [-0.39, 0.29) is 0 Å². The smallest absolute Gasteiger partial charge is 0.287 e. The van der Waals surface area contributed by atoms with Crippen LogP contribution < -0.4 is 0 Å². The van der Waals surface area contributed by atoms with Crippen molar-refractivity contribution in [3.05, 3.63) is 35.4 Å². The van der Waals surface area contributed by atoms with Crippen LogP contribution in [0.25, 0.3) is 0 Å². The average Bonchev–Trinajstić information content (AvgIpc) is 2.53. The van der Waals surface area contributed by atoms with Crippen LogP contribution >= 0.6 is 7.82 Å². The Morgan fingerprint density at radius 2 is 1.39 bits per heavy atom. The lowest BCUT2D eigenvalue weighted by atomic mass is 9.98. The van der Waals surface area contributed by atoms with Crippen LogP contribution in [-0.2, 0) is 31.0 Å². The zero-order valence-electron chi connectivity index (χ0n) is 14.8. The Morgan fingerprint density at radius 1 is 0.826 bits per heavy atom. The molecule has 0 saturated carbocycles. The van der Waals surface area contributed by atoms with Crippen molar-refractivity contribution >= 4 is 7.82 Å². The van der Waals surface area contributed by atoms with Crippen molar-refractivity contribution < 1.29 is 18.1 Å². The molecule has 1 aromatic rings. The summed E-state index contributed by atoms with van der Waals surface area (Å²) in [6.45, 7) is 6.79. The molecule has 0 fully saturated rings. The first-order chi connectivity index (χ1) is 11.1. The van der Waals surface area contributed by atoms with Crippen molar-refractivity contribution in [1.29, 1.82) is 0 Å². The summed E-state index contributed by atoms with van der Waals surface area (Å²) in [6.07, 6.45) is 6.58. The van der Waals surface area contributed by atoms with Gasteiger partial charge in [0.15, 0.2) is 0 Å². The Kier molecular flexibility index (Phi) is 10.5. The van der Waals surface area contributed by atoms with Crippen LogP contribution in [0.15, 0.2) is 24.3 Å². The highest BCUT2D eigenvalue weighted by atomic mass is 31.2. The first kappa shape index (κ1) is 20.4. The van der Waals surface area contributed by atoms with E-state index in [0.717, 1.165) is 19.3 Å². The molecule has 0 aliphatic rings. The Balaban J connectivity index is 2.44. The highest BCUT2D eigenvalue weighted by Gasteiger charge is 2.24. The van der Waals surface area contributed by atoms with Gasteiger partial charge in [0, 0.05) is 0 Å². The molecule has 1 rings (SSSR count). The fraction of sp³-hybridized carbons (Fsp3) is 0.667. The minimum Gasteiger partial charge on any atom is -0.287 e. The van der Waals surface area contributed by atoms with Gasteiger partial charge in [0.25, 0.3) is 0 Å². The third-order valence-corrected chi connectivity index (χ3v) is 5.23. The van der Waals surface area contributed by atoms with Crippen LogP contribution in [0.1, 0.15) is 57.6 Å². The third-order valence-electron chi connectivity index (χ3n) is 3.58. The van der Waals surface area contributed by atoms with Crippen LogP contribution in [0.3, 0.4) is 0 Å². The van der Waals surface area contributed by atoms with Gasteiger partial charge in [-0.05, 0) is 50.7 Å². The van der Waals surface area contributed by atoms with Gasteiger partial charge in [-0.25, -0.2) is 4.57 Å². The van der Waals surface area contributed by atoms with Crippen molar-refractivity contribution in [3.63, 3.8) is 0 Å². The second-order valence-electron chi connectivity index (χ2n) is 5.45. The number of unbranched alkanes of at least 4 members (excludes halogenated alkanes) is 2. The summed E-state index contributed by atoms with van der Waals surface area (Å²) in [7, 11) is -3.37. The predicted molar refractivity (Wildman–Crippen MR) is 94.8 cm³/mol. The quantitative estimate of drug-likeness (QED) is 0.348. The molecule has 0 bridgehead atoms. The highest BCUT2D eigenvalue weighted by molar-refractivity contribution is 7.48. The van der Waals surface area contributed by atoms with E-state index in [1.807, 2.05) is 0 Å². The molecule has 1 aromatic carbocycles. The van der Waals surface area contributed by atoms with Crippen LogP contribution in [-0.4, -0.2) is 19.8 Å². The highest BCUT2D eigenvalue weighted by Crippen LogP contribution is 2.49. The van der Waals surface area contributed by atoms with Gasteiger partial charge in [-0.3, -0.25) is 13.6 Å². The number of phosphoric ester groups is 1. The molecule has 0 aliphatic heterocycles. The summed E-state index contributed by atoms with van der Waals surface area (Å²) in [6, 6.07) is 8.55. The van der Waals surface area contributed by atoms with Crippen molar-refractivity contribution in [3.8, 4) is 0 Å². The largest absolute Gasteiger partial charge is 0.474 e. The number of hydrogen-bond acceptors (Lipinski definition) is 4. The van der Waals surface area contributed by atoms with Gasteiger partial charge in [0.1, 0.15) is 0 Å². The van der Waals surface area contributed by atoms with E-state index in [4.69, 9.17) is 13.6 Å². The van der Waals surface area contributed by atoms with Crippen LogP contribution in [0, 0.1) is 0 Å². The number of rotatable bonds is 13. The summed E-state index contributed by atoms with van der Waals surface area (Å²) >= 11 is 0. The first-order valence-electron chi connectivity index (χ1n) is 8.75. The van der Waals surface area contributed by atoms with E-state index < -0.39 is 7.82 Å². The topological polar surface area (TPSA) is 44.8 Å².